The van der Waals surface area contributed by atoms with Crippen molar-refractivity contribution < 1.29 is 4.74 Å². The topological polar surface area (TPSA) is 14.2 Å². The molecule has 2 aromatic carbocycles. The summed E-state index contributed by atoms with van der Waals surface area (Å²) in [6.07, 6.45) is 0. The molecule has 0 saturated heterocycles. The van der Waals surface area contributed by atoms with Crippen LogP contribution < -0.4 is 9.79 Å². The number of rotatable bonds is 4. The van der Waals surface area contributed by atoms with Crippen molar-refractivity contribution in [2.24, 2.45) is 0 Å². The van der Waals surface area contributed by atoms with E-state index in [2.05, 4.69) is 79.7 Å². The lowest BCUT2D eigenvalue weighted by molar-refractivity contribution is 0.414. The van der Waals surface area contributed by atoms with Gasteiger partial charge in [-0.1, -0.05) is 43.9 Å². The maximum Gasteiger partial charge on any atom is 0.118 e. The monoisotopic (exact) mass is 341 g/mol. The molecule has 120 valence electrons. The molecule has 0 saturated carbocycles. The highest BCUT2D eigenvalue weighted by Crippen LogP contribution is 2.32. The number of hydrogen-bond donors (Lipinski definition) is 0. The first-order valence-corrected chi connectivity index (χ1v) is 12.4. The lowest BCUT2D eigenvalue weighted by atomic mass is 10.1. The average Bonchev–Trinajstić information content (AvgIpc) is 2.94. The standard InChI is InChI=1S/C19H24NOPSi/c1-14(15-10-12-16(21-2)13-11-15)20-17-8-6-7-9-18(17)22-19(20)23(3,4)5/h6-14H,1-5H3/t14-/m0/s1. The smallest absolute Gasteiger partial charge is 0.118 e. The van der Waals surface area contributed by atoms with Crippen LogP contribution in [0, 0.1) is 0 Å². The van der Waals surface area contributed by atoms with E-state index in [0.29, 0.717) is 6.04 Å². The van der Waals surface area contributed by atoms with Gasteiger partial charge < -0.3 is 9.30 Å². The van der Waals surface area contributed by atoms with Crippen LogP contribution in [0.15, 0.2) is 48.5 Å². The highest BCUT2D eigenvalue weighted by atomic mass is 31.0. The second-order valence-corrected chi connectivity index (χ2v) is 13.5. The van der Waals surface area contributed by atoms with Crippen molar-refractivity contribution in [3.8, 4) is 5.75 Å². The van der Waals surface area contributed by atoms with E-state index in [0.717, 1.165) is 5.75 Å². The Balaban J connectivity index is 2.16. The molecule has 3 rings (SSSR count). The number of hydrogen-bond acceptors (Lipinski definition) is 1. The van der Waals surface area contributed by atoms with Crippen LogP contribution >= 0.6 is 8.19 Å². The molecule has 0 spiro atoms. The van der Waals surface area contributed by atoms with E-state index < -0.39 is 8.07 Å². The maximum atomic E-state index is 5.29. The summed E-state index contributed by atoms with van der Waals surface area (Å²) in [7, 11) is 1.71. The van der Waals surface area contributed by atoms with Gasteiger partial charge in [-0.15, -0.1) is 0 Å². The Bertz CT molecular complexity index is 817. The number of para-hydroxylation sites is 1. The molecule has 3 aromatic rings. The van der Waals surface area contributed by atoms with Crippen molar-refractivity contribution in [1.29, 1.82) is 0 Å². The molecule has 0 unspecified atom stereocenters. The molecule has 1 aromatic heterocycles. The van der Waals surface area contributed by atoms with Crippen LogP contribution in [-0.4, -0.2) is 19.8 Å². The number of methoxy groups -OCH3 is 1. The summed E-state index contributed by atoms with van der Waals surface area (Å²) in [4.78, 5) is 0. The van der Waals surface area contributed by atoms with Crippen LogP contribution in [0.4, 0.5) is 0 Å². The zero-order valence-electron chi connectivity index (χ0n) is 14.5. The Hall–Kier alpha value is -1.57. The molecule has 1 atom stereocenters. The fourth-order valence-corrected chi connectivity index (χ4v) is 6.81. The molecule has 0 aliphatic rings. The van der Waals surface area contributed by atoms with Crippen molar-refractivity contribution in [1.82, 2.24) is 4.57 Å². The second-order valence-electron chi connectivity index (χ2n) is 6.99. The van der Waals surface area contributed by atoms with Gasteiger partial charge in [-0.3, -0.25) is 0 Å². The molecule has 0 radical (unpaired) electrons. The van der Waals surface area contributed by atoms with E-state index in [9.17, 15) is 0 Å². The lowest BCUT2D eigenvalue weighted by Gasteiger charge is -2.25. The lowest BCUT2D eigenvalue weighted by Crippen LogP contribution is -2.42. The molecule has 1 heterocycles. The van der Waals surface area contributed by atoms with Crippen LogP contribution in [0.25, 0.3) is 10.6 Å². The van der Waals surface area contributed by atoms with E-state index in [4.69, 9.17) is 4.74 Å². The third-order valence-electron chi connectivity index (χ3n) is 4.25. The van der Waals surface area contributed by atoms with Crippen molar-refractivity contribution in [3.05, 3.63) is 54.1 Å². The van der Waals surface area contributed by atoms with Gasteiger partial charge in [0.15, 0.2) is 0 Å². The SMILES string of the molecule is COc1ccc([C@H](C)n2c([Si](C)(C)C)pc3ccccc32)cc1. The van der Waals surface area contributed by atoms with Gasteiger partial charge in [-0.2, -0.15) is 0 Å². The zero-order chi connectivity index (χ0) is 16.6. The molecule has 0 N–H and O–H groups in total. The fraction of sp³-hybridized carbons (Fsp3) is 0.316. The largest absolute Gasteiger partial charge is 0.497 e. The minimum Gasteiger partial charge on any atom is -0.497 e. The highest BCUT2D eigenvalue weighted by molar-refractivity contribution is 7.46. The maximum absolute atomic E-state index is 5.29. The second kappa shape index (κ2) is 6.14. The first-order valence-electron chi connectivity index (χ1n) is 8.03. The van der Waals surface area contributed by atoms with Crippen LogP contribution in [0.1, 0.15) is 18.5 Å². The summed E-state index contributed by atoms with van der Waals surface area (Å²) < 4.78 is 7.87. The van der Waals surface area contributed by atoms with Crippen LogP contribution in [-0.2, 0) is 0 Å². The zero-order valence-corrected chi connectivity index (χ0v) is 16.4. The molecule has 23 heavy (non-hydrogen) atoms. The van der Waals surface area contributed by atoms with E-state index in [1.807, 2.05) is 0 Å². The predicted octanol–water partition coefficient (Wildman–Crippen LogP) is 5.38. The molecule has 4 heteroatoms. The summed E-state index contributed by atoms with van der Waals surface area (Å²) in [6, 6.07) is 17.6. The first-order chi connectivity index (χ1) is 10.9. The highest BCUT2D eigenvalue weighted by Gasteiger charge is 2.26. The summed E-state index contributed by atoms with van der Waals surface area (Å²) in [5, 5.41) is 3.03. The van der Waals surface area contributed by atoms with E-state index in [-0.39, 0.29) is 0 Å². The minimum atomic E-state index is -1.39. The molecule has 0 amide bonds. The molecule has 0 bridgehead atoms. The number of nitrogens with zero attached hydrogens (tertiary/aromatic N) is 1. The van der Waals surface area contributed by atoms with Gasteiger partial charge >= 0.3 is 0 Å². The van der Waals surface area contributed by atoms with E-state index >= 15 is 0 Å². The number of aromatic nitrogens is 1. The summed E-state index contributed by atoms with van der Waals surface area (Å²) in [6.45, 7) is 9.62. The minimum absolute atomic E-state index is 0.332. The molecule has 0 fully saturated rings. The van der Waals surface area contributed by atoms with Crippen molar-refractivity contribution in [3.63, 3.8) is 0 Å². The number of ether oxygens (including phenoxy) is 1. The van der Waals surface area contributed by atoms with Gasteiger partial charge in [0.05, 0.1) is 18.7 Å². The Morgan fingerprint density at radius 1 is 1.00 bits per heavy atom. The van der Waals surface area contributed by atoms with Gasteiger partial charge in [-0.05, 0) is 44.9 Å². The third kappa shape index (κ3) is 3.08. The van der Waals surface area contributed by atoms with Crippen LogP contribution in [0.3, 0.4) is 0 Å². The summed E-state index contributed by atoms with van der Waals surface area (Å²) >= 11 is 0. The Labute approximate surface area is 141 Å². The molecular weight excluding hydrogens is 317 g/mol. The fourth-order valence-electron chi connectivity index (χ4n) is 3.00. The normalized spacial score (nSPS) is 13.6. The Morgan fingerprint density at radius 2 is 1.65 bits per heavy atom. The predicted molar refractivity (Wildman–Crippen MR) is 104 cm³/mol. The van der Waals surface area contributed by atoms with Gasteiger partial charge in [-0.25, -0.2) is 0 Å². The molecule has 0 aliphatic carbocycles. The quantitative estimate of drug-likeness (QED) is 0.581. The Morgan fingerprint density at radius 3 is 2.26 bits per heavy atom. The Kier molecular flexibility index (Phi) is 4.35. The van der Waals surface area contributed by atoms with Crippen molar-refractivity contribution in [2.75, 3.05) is 7.11 Å². The number of fused-ring (bicyclic) bond motifs is 1. The van der Waals surface area contributed by atoms with E-state index in [1.54, 1.807) is 12.2 Å². The van der Waals surface area contributed by atoms with Gasteiger partial charge in [0.1, 0.15) is 13.8 Å². The van der Waals surface area contributed by atoms with Gasteiger partial charge in [0.25, 0.3) is 0 Å². The van der Waals surface area contributed by atoms with E-state index in [1.165, 1.54) is 24.4 Å². The van der Waals surface area contributed by atoms with Gasteiger partial charge in [0, 0.05) is 10.2 Å². The van der Waals surface area contributed by atoms with Gasteiger partial charge in [0.2, 0.25) is 0 Å². The number of benzene rings is 2. The first kappa shape index (κ1) is 16.3. The van der Waals surface area contributed by atoms with Crippen LogP contribution in [0.5, 0.6) is 5.75 Å². The molecular formula is C19H24NOPSi. The summed E-state index contributed by atoms with van der Waals surface area (Å²) in [5.41, 5.74) is 2.70. The summed E-state index contributed by atoms with van der Waals surface area (Å²) in [5.74, 6) is 0.912. The van der Waals surface area contributed by atoms with Crippen LogP contribution in [0.2, 0.25) is 19.6 Å². The molecule has 0 aliphatic heterocycles. The van der Waals surface area contributed by atoms with Crippen molar-refractivity contribution in [2.45, 2.75) is 32.6 Å². The molecule has 2 nitrogen and oxygen atoms in total. The average molecular weight is 341 g/mol. The van der Waals surface area contributed by atoms with Crippen molar-refractivity contribution >= 4 is 32.0 Å². The third-order valence-corrected chi connectivity index (χ3v) is 9.23.